The maximum Gasteiger partial charge on any atom is 0.0695 e. The first-order valence-electron chi connectivity index (χ1n) is 2.56. The number of alkyl halides is 1. The molecule has 1 unspecified atom stereocenters. The van der Waals surface area contributed by atoms with E-state index in [9.17, 15) is 0 Å². The van der Waals surface area contributed by atoms with Crippen molar-refractivity contribution in [1.29, 1.82) is 5.26 Å². The zero-order chi connectivity index (χ0) is 6.78. The standard InChI is InChI=1S/C6H10BrN/c1-5(7)6(2,3)4-8/h5H,1-3H3. The van der Waals surface area contributed by atoms with Gasteiger partial charge in [-0.05, 0) is 13.8 Å². The van der Waals surface area contributed by atoms with Crippen LogP contribution in [0.5, 0.6) is 0 Å². The third-order valence-electron chi connectivity index (χ3n) is 1.28. The molecule has 0 fully saturated rings. The van der Waals surface area contributed by atoms with E-state index in [4.69, 9.17) is 5.26 Å². The van der Waals surface area contributed by atoms with Crippen LogP contribution in [0, 0.1) is 16.7 Å². The van der Waals surface area contributed by atoms with E-state index >= 15 is 0 Å². The molecule has 0 saturated heterocycles. The Kier molecular flexibility index (Phi) is 2.49. The summed E-state index contributed by atoms with van der Waals surface area (Å²) in [6.07, 6.45) is 0. The van der Waals surface area contributed by atoms with E-state index < -0.39 is 0 Å². The Labute approximate surface area is 58.8 Å². The Morgan fingerprint density at radius 3 is 2.00 bits per heavy atom. The number of nitriles is 1. The summed E-state index contributed by atoms with van der Waals surface area (Å²) in [5, 5.41) is 8.48. The smallest absolute Gasteiger partial charge is 0.0695 e. The first-order chi connectivity index (χ1) is 3.50. The van der Waals surface area contributed by atoms with Gasteiger partial charge in [-0.1, -0.05) is 22.9 Å². The van der Waals surface area contributed by atoms with Crippen molar-refractivity contribution in [2.75, 3.05) is 0 Å². The lowest BCUT2D eigenvalue weighted by atomic mass is 9.93. The third kappa shape index (κ3) is 1.83. The van der Waals surface area contributed by atoms with Crippen LogP contribution in [0.25, 0.3) is 0 Å². The summed E-state index contributed by atoms with van der Waals surface area (Å²) in [6.45, 7) is 5.79. The Balaban J connectivity index is 3.97. The summed E-state index contributed by atoms with van der Waals surface area (Å²) < 4.78 is 0. The van der Waals surface area contributed by atoms with E-state index in [1.807, 2.05) is 20.8 Å². The molecule has 1 atom stereocenters. The molecular weight excluding hydrogens is 166 g/mol. The Morgan fingerprint density at radius 2 is 2.00 bits per heavy atom. The molecule has 0 aromatic carbocycles. The van der Waals surface area contributed by atoms with Gasteiger partial charge in [0.25, 0.3) is 0 Å². The van der Waals surface area contributed by atoms with Gasteiger partial charge in [-0.15, -0.1) is 0 Å². The molecule has 1 nitrogen and oxygen atoms in total. The molecule has 0 amide bonds. The van der Waals surface area contributed by atoms with Crippen LogP contribution in [0.15, 0.2) is 0 Å². The summed E-state index contributed by atoms with van der Waals surface area (Å²) in [5.41, 5.74) is -0.236. The monoisotopic (exact) mass is 175 g/mol. The topological polar surface area (TPSA) is 23.8 Å². The maximum atomic E-state index is 8.48. The van der Waals surface area contributed by atoms with Crippen molar-refractivity contribution in [3.05, 3.63) is 0 Å². The van der Waals surface area contributed by atoms with Crippen molar-refractivity contribution in [1.82, 2.24) is 0 Å². The lowest BCUT2D eigenvalue weighted by Crippen LogP contribution is -2.18. The summed E-state index contributed by atoms with van der Waals surface area (Å²) in [7, 11) is 0. The van der Waals surface area contributed by atoms with Crippen LogP contribution < -0.4 is 0 Å². The van der Waals surface area contributed by atoms with Crippen molar-refractivity contribution in [3.63, 3.8) is 0 Å². The van der Waals surface area contributed by atoms with Crippen LogP contribution in [-0.2, 0) is 0 Å². The number of hydrogen-bond donors (Lipinski definition) is 0. The summed E-state index contributed by atoms with van der Waals surface area (Å²) in [5.74, 6) is 0. The predicted molar refractivity (Wildman–Crippen MR) is 37.8 cm³/mol. The van der Waals surface area contributed by atoms with Crippen molar-refractivity contribution in [2.24, 2.45) is 5.41 Å². The lowest BCUT2D eigenvalue weighted by molar-refractivity contribution is 0.498. The van der Waals surface area contributed by atoms with Crippen LogP contribution in [0.4, 0.5) is 0 Å². The fourth-order valence-corrected chi connectivity index (χ4v) is 0.191. The van der Waals surface area contributed by atoms with Gasteiger partial charge in [0.2, 0.25) is 0 Å². The lowest BCUT2D eigenvalue weighted by Gasteiger charge is -2.17. The number of hydrogen-bond acceptors (Lipinski definition) is 1. The molecule has 0 heterocycles. The van der Waals surface area contributed by atoms with Crippen LogP contribution in [0.3, 0.4) is 0 Å². The molecule has 2 heteroatoms. The van der Waals surface area contributed by atoms with Gasteiger partial charge in [-0.25, -0.2) is 0 Å². The van der Waals surface area contributed by atoms with Crippen molar-refractivity contribution in [2.45, 2.75) is 25.6 Å². The molecule has 46 valence electrons. The third-order valence-corrected chi connectivity index (χ3v) is 2.43. The molecule has 0 aliphatic heterocycles. The molecule has 0 aliphatic rings. The van der Waals surface area contributed by atoms with Gasteiger partial charge in [0, 0.05) is 4.83 Å². The van der Waals surface area contributed by atoms with Crippen molar-refractivity contribution < 1.29 is 0 Å². The summed E-state index contributed by atoms with van der Waals surface area (Å²) in [6, 6.07) is 2.19. The highest BCUT2D eigenvalue weighted by molar-refractivity contribution is 9.09. The molecule has 0 N–H and O–H groups in total. The molecular formula is C6H10BrN. The average molecular weight is 176 g/mol. The number of halogens is 1. The second-order valence-corrected chi connectivity index (χ2v) is 3.82. The van der Waals surface area contributed by atoms with Gasteiger partial charge in [-0.2, -0.15) is 5.26 Å². The van der Waals surface area contributed by atoms with Crippen LogP contribution in [0.1, 0.15) is 20.8 Å². The van der Waals surface area contributed by atoms with Gasteiger partial charge in [0.15, 0.2) is 0 Å². The SMILES string of the molecule is CC(Br)C(C)(C)C#N. The van der Waals surface area contributed by atoms with Gasteiger partial charge in [0.05, 0.1) is 11.5 Å². The fourth-order valence-electron chi connectivity index (χ4n) is 0.0889. The molecule has 8 heavy (non-hydrogen) atoms. The zero-order valence-electron chi connectivity index (χ0n) is 5.40. The molecule has 0 radical (unpaired) electrons. The molecule has 0 aliphatic carbocycles. The highest BCUT2D eigenvalue weighted by Crippen LogP contribution is 2.24. The quantitative estimate of drug-likeness (QED) is 0.562. The molecule has 0 aromatic heterocycles. The molecule has 0 rings (SSSR count). The van der Waals surface area contributed by atoms with E-state index in [2.05, 4.69) is 22.0 Å². The van der Waals surface area contributed by atoms with E-state index in [1.54, 1.807) is 0 Å². The molecule has 0 spiro atoms. The van der Waals surface area contributed by atoms with Crippen LogP contribution in [0.2, 0.25) is 0 Å². The first-order valence-corrected chi connectivity index (χ1v) is 3.47. The summed E-state index contributed by atoms with van der Waals surface area (Å²) >= 11 is 3.33. The van der Waals surface area contributed by atoms with Gasteiger partial charge in [0.1, 0.15) is 0 Å². The Bertz CT molecular complexity index is 110. The normalized spacial score (nSPS) is 14.9. The first kappa shape index (κ1) is 7.97. The predicted octanol–water partition coefficient (Wildman–Crippen LogP) is 2.32. The van der Waals surface area contributed by atoms with Gasteiger partial charge < -0.3 is 0 Å². The Morgan fingerprint density at radius 1 is 1.62 bits per heavy atom. The van der Waals surface area contributed by atoms with Crippen LogP contribution in [-0.4, -0.2) is 4.83 Å². The van der Waals surface area contributed by atoms with Crippen molar-refractivity contribution >= 4 is 15.9 Å². The highest BCUT2D eigenvalue weighted by atomic mass is 79.9. The van der Waals surface area contributed by atoms with Gasteiger partial charge >= 0.3 is 0 Å². The summed E-state index contributed by atoms with van der Waals surface area (Å²) in [4.78, 5) is 0.264. The largest absolute Gasteiger partial charge is 0.198 e. The minimum Gasteiger partial charge on any atom is -0.198 e. The number of nitrogens with zero attached hydrogens (tertiary/aromatic N) is 1. The minimum absolute atomic E-state index is 0.236. The van der Waals surface area contributed by atoms with E-state index in [-0.39, 0.29) is 10.2 Å². The number of rotatable bonds is 1. The highest BCUT2D eigenvalue weighted by Gasteiger charge is 2.22. The molecule has 0 aromatic rings. The fraction of sp³-hybridized carbons (Fsp3) is 0.833. The van der Waals surface area contributed by atoms with E-state index in [1.165, 1.54) is 0 Å². The second-order valence-electron chi connectivity index (χ2n) is 2.45. The van der Waals surface area contributed by atoms with Crippen LogP contribution >= 0.6 is 15.9 Å². The maximum absolute atomic E-state index is 8.48. The second kappa shape index (κ2) is 2.50. The Hall–Kier alpha value is -0.0300. The van der Waals surface area contributed by atoms with Gasteiger partial charge in [-0.3, -0.25) is 0 Å². The van der Waals surface area contributed by atoms with Crippen molar-refractivity contribution in [3.8, 4) is 6.07 Å². The minimum atomic E-state index is -0.236. The zero-order valence-corrected chi connectivity index (χ0v) is 6.99. The molecule has 0 saturated carbocycles. The average Bonchev–Trinajstić information content (AvgIpc) is 1.67. The van der Waals surface area contributed by atoms with E-state index in [0.29, 0.717) is 0 Å². The molecule has 0 bridgehead atoms. The van der Waals surface area contributed by atoms with E-state index in [0.717, 1.165) is 0 Å².